The summed E-state index contributed by atoms with van der Waals surface area (Å²) in [5.74, 6) is -1.18. The summed E-state index contributed by atoms with van der Waals surface area (Å²) in [6, 6.07) is 8.73. The molecule has 2 aromatic rings. The molecule has 0 bridgehead atoms. The number of rotatable bonds is 3. The lowest BCUT2D eigenvalue weighted by Gasteiger charge is -2.20. The third kappa shape index (κ3) is 2.77. The van der Waals surface area contributed by atoms with Gasteiger partial charge in [-0.3, -0.25) is 0 Å². The monoisotopic (exact) mass is 281 g/mol. The zero-order chi connectivity index (χ0) is 14.0. The van der Waals surface area contributed by atoms with Crippen molar-refractivity contribution in [3.05, 3.63) is 69.7 Å². The van der Waals surface area contributed by atoms with Gasteiger partial charge in [0.15, 0.2) is 0 Å². The van der Waals surface area contributed by atoms with E-state index < -0.39 is 17.7 Å². The molecule has 0 saturated heterocycles. The third-order valence-corrected chi connectivity index (χ3v) is 3.61. The van der Waals surface area contributed by atoms with Gasteiger partial charge in [-0.2, -0.15) is 0 Å². The zero-order valence-corrected chi connectivity index (χ0v) is 11.4. The first-order valence-corrected chi connectivity index (χ1v) is 6.29. The Morgan fingerprint density at radius 2 is 1.84 bits per heavy atom. The summed E-state index contributed by atoms with van der Waals surface area (Å²) in [7, 11) is 1.71. The van der Waals surface area contributed by atoms with Crippen LogP contribution in [0.25, 0.3) is 0 Å². The van der Waals surface area contributed by atoms with Crippen molar-refractivity contribution in [2.24, 2.45) is 0 Å². The Morgan fingerprint density at radius 1 is 1.11 bits per heavy atom. The van der Waals surface area contributed by atoms with E-state index in [9.17, 15) is 8.78 Å². The van der Waals surface area contributed by atoms with Gasteiger partial charge in [-0.25, -0.2) is 8.78 Å². The Labute approximate surface area is 116 Å². The fraction of sp³-hybridized carbons (Fsp3) is 0.200. The quantitative estimate of drug-likeness (QED) is 0.887. The highest BCUT2D eigenvalue weighted by Gasteiger charge is 2.19. The lowest BCUT2D eigenvalue weighted by molar-refractivity contribution is 0.551. The molecule has 0 spiro atoms. The third-order valence-electron chi connectivity index (χ3n) is 3.09. The highest BCUT2D eigenvalue weighted by atomic mass is 35.5. The van der Waals surface area contributed by atoms with E-state index in [2.05, 4.69) is 5.32 Å². The maximum Gasteiger partial charge on any atom is 0.131 e. The maximum atomic E-state index is 13.9. The molecule has 1 unspecified atom stereocenters. The molecule has 0 aliphatic carbocycles. The van der Waals surface area contributed by atoms with Gasteiger partial charge < -0.3 is 5.32 Å². The lowest BCUT2D eigenvalue weighted by Crippen LogP contribution is -2.19. The number of benzene rings is 2. The second kappa shape index (κ2) is 5.68. The predicted octanol–water partition coefficient (Wildman–Crippen LogP) is 4.24. The van der Waals surface area contributed by atoms with Crippen molar-refractivity contribution < 1.29 is 8.78 Å². The Balaban J connectivity index is 2.53. The molecular weight excluding hydrogens is 268 g/mol. The minimum Gasteiger partial charge on any atom is -0.309 e. The number of nitrogens with one attached hydrogen (secondary N) is 1. The molecule has 0 amide bonds. The Hall–Kier alpha value is -1.45. The maximum absolute atomic E-state index is 13.9. The second-order valence-corrected chi connectivity index (χ2v) is 4.74. The van der Waals surface area contributed by atoms with Crippen LogP contribution in [0.3, 0.4) is 0 Å². The minimum atomic E-state index is -0.591. The molecule has 4 heteroatoms. The number of hydrogen-bond acceptors (Lipinski definition) is 1. The highest BCUT2D eigenvalue weighted by Crippen LogP contribution is 2.31. The van der Waals surface area contributed by atoms with Crippen molar-refractivity contribution >= 4 is 11.6 Å². The van der Waals surface area contributed by atoms with Crippen LogP contribution < -0.4 is 5.32 Å². The predicted molar refractivity (Wildman–Crippen MR) is 73.4 cm³/mol. The minimum absolute atomic E-state index is 0.372. The Kier molecular flexibility index (Phi) is 4.17. The molecule has 0 aliphatic rings. The van der Waals surface area contributed by atoms with Gasteiger partial charge in [0.1, 0.15) is 11.6 Å². The molecule has 0 aliphatic heterocycles. The smallest absolute Gasteiger partial charge is 0.131 e. The van der Waals surface area contributed by atoms with Crippen molar-refractivity contribution in [2.75, 3.05) is 7.05 Å². The fourth-order valence-corrected chi connectivity index (χ4v) is 2.34. The molecule has 2 aromatic carbocycles. The first-order valence-electron chi connectivity index (χ1n) is 5.92. The van der Waals surface area contributed by atoms with Crippen LogP contribution in [0, 0.1) is 18.6 Å². The topological polar surface area (TPSA) is 12.0 Å². The van der Waals surface area contributed by atoms with E-state index in [1.54, 1.807) is 7.05 Å². The van der Waals surface area contributed by atoms with Crippen LogP contribution >= 0.6 is 11.6 Å². The average Bonchev–Trinajstić information content (AvgIpc) is 2.37. The standard InChI is InChI=1S/C15H14ClF2N/c1-9-4-3-5-12(14(9)16)15(19-2)11-7-6-10(17)8-13(11)18/h3-8,15,19H,1-2H3. The van der Waals surface area contributed by atoms with Crippen LogP contribution in [0.15, 0.2) is 36.4 Å². The molecule has 0 fully saturated rings. The van der Waals surface area contributed by atoms with Gasteiger partial charge in [-0.1, -0.05) is 35.9 Å². The number of halogens is 3. The molecule has 1 atom stereocenters. The molecular formula is C15H14ClF2N. The van der Waals surface area contributed by atoms with E-state index in [-0.39, 0.29) is 0 Å². The van der Waals surface area contributed by atoms with Crippen molar-refractivity contribution in [2.45, 2.75) is 13.0 Å². The molecule has 0 saturated carbocycles. The number of aryl methyl sites for hydroxylation is 1. The summed E-state index contributed by atoms with van der Waals surface area (Å²) in [5.41, 5.74) is 2.06. The van der Waals surface area contributed by atoms with Crippen LogP contribution in [-0.2, 0) is 0 Å². The van der Waals surface area contributed by atoms with Gasteiger partial charge in [0, 0.05) is 16.7 Å². The van der Waals surface area contributed by atoms with Crippen LogP contribution in [0.1, 0.15) is 22.7 Å². The molecule has 0 radical (unpaired) electrons. The average molecular weight is 282 g/mol. The van der Waals surface area contributed by atoms with E-state index in [1.165, 1.54) is 12.1 Å². The van der Waals surface area contributed by atoms with Crippen LogP contribution in [0.2, 0.25) is 5.02 Å². The lowest BCUT2D eigenvalue weighted by atomic mass is 9.97. The van der Waals surface area contributed by atoms with Crippen molar-refractivity contribution in [1.82, 2.24) is 5.32 Å². The molecule has 0 heterocycles. The van der Waals surface area contributed by atoms with Crippen molar-refractivity contribution in [1.29, 1.82) is 0 Å². The molecule has 100 valence electrons. The summed E-state index contributed by atoms with van der Waals surface area (Å²) in [6.45, 7) is 1.89. The van der Waals surface area contributed by atoms with Crippen LogP contribution in [-0.4, -0.2) is 7.05 Å². The summed E-state index contributed by atoms with van der Waals surface area (Å²) in [5, 5.41) is 3.60. The molecule has 1 N–H and O–H groups in total. The fourth-order valence-electron chi connectivity index (χ4n) is 2.11. The van der Waals surface area contributed by atoms with E-state index >= 15 is 0 Å². The van der Waals surface area contributed by atoms with Gasteiger partial charge in [-0.05, 0) is 31.2 Å². The highest BCUT2D eigenvalue weighted by molar-refractivity contribution is 6.32. The van der Waals surface area contributed by atoms with Gasteiger partial charge in [0.25, 0.3) is 0 Å². The zero-order valence-electron chi connectivity index (χ0n) is 10.7. The van der Waals surface area contributed by atoms with E-state index in [0.29, 0.717) is 10.6 Å². The van der Waals surface area contributed by atoms with Gasteiger partial charge in [0.05, 0.1) is 6.04 Å². The second-order valence-electron chi connectivity index (χ2n) is 4.37. The largest absolute Gasteiger partial charge is 0.309 e. The van der Waals surface area contributed by atoms with Crippen LogP contribution in [0.4, 0.5) is 8.78 Å². The Morgan fingerprint density at radius 3 is 2.47 bits per heavy atom. The summed E-state index contributed by atoms with van der Waals surface area (Å²) >= 11 is 6.26. The van der Waals surface area contributed by atoms with Gasteiger partial charge in [0.2, 0.25) is 0 Å². The van der Waals surface area contributed by atoms with E-state index in [1.807, 2.05) is 25.1 Å². The number of hydrogen-bond donors (Lipinski definition) is 1. The normalized spacial score (nSPS) is 12.5. The van der Waals surface area contributed by atoms with E-state index in [0.717, 1.165) is 17.2 Å². The molecule has 1 nitrogen and oxygen atoms in total. The summed E-state index contributed by atoms with van der Waals surface area (Å²) in [4.78, 5) is 0. The first-order chi connectivity index (χ1) is 9.04. The van der Waals surface area contributed by atoms with Crippen molar-refractivity contribution in [3.8, 4) is 0 Å². The van der Waals surface area contributed by atoms with Crippen molar-refractivity contribution in [3.63, 3.8) is 0 Å². The summed E-state index contributed by atoms with van der Waals surface area (Å²) < 4.78 is 26.9. The van der Waals surface area contributed by atoms with Gasteiger partial charge >= 0.3 is 0 Å². The first kappa shape index (κ1) is 14.0. The summed E-state index contributed by atoms with van der Waals surface area (Å²) in [6.07, 6.45) is 0. The van der Waals surface area contributed by atoms with Crippen LogP contribution in [0.5, 0.6) is 0 Å². The molecule has 19 heavy (non-hydrogen) atoms. The molecule has 0 aromatic heterocycles. The van der Waals surface area contributed by atoms with Gasteiger partial charge in [-0.15, -0.1) is 0 Å². The SMILES string of the molecule is CNC(c1ccc(F)cc1F)c1cccc(C)c1Cl. The Bertz CT molecular complexity index is 599. The molecule has 2 rings (SSSR count). The van der Waals surface area contributed by atoms with E-state index in [4.69, 9.17) is 11.6 Å².